The van der Waals surface area contributed by atoms with Crippen molar-refractivity contribution in [2.24, 2.45) is 0 Å². The van der Waals surface area contributed by atoms with Gasteiger partial charge in [0.05, 0.1) is 23.4 Å². The lowest BCUT2D eigenvalue weighted by atomic mass is 10.2. The fraction of sp³-hybridized carbons (Fsp3) is 0.100. The number of carbonyl (C=O) groups is 1. The third kappa shape index (κ3) is 2.63. The molecule has 10 heteroatoms. The molecular weight excluding hydrogens is 270 g/mol. The number of nitro groups is 1. The van der Waals surface area contributed by atoms with Crippen LogP contribution in [0.2, 0.25) is 0 Å². The summed E-state index contributed by atoms with van der Waals surface area (Å²) in [6.45, 7) is -0.252. The first kappa shape index (κ1) is 13.3. The van der Waals surface area contributed by atoms with Crippen LogP contribution in [0.25, 0.3) is 0 Å². The van der Waals surface area contributed by atoms with E-state index in [9.17, 15) is 19.7 Å². The van der Waals surface area contributed by atoms with Gasteiger partial charge < -0.3 is 5.11 Å². The lowest BCUT2D eigenvalue weighted by molar-refractivity contribution is -0.385. The number of hydrogen-bond acceptors (Lipinski definition) is 7. The molecule has 2 aromatic heterocycles. The van der Waals surface area contributed by atoms with Gasteiger partial charge in [-0.05, 0) is 0 Å². The minimum atomic E-state index is -1.26. The molecule has 20 heavy (non-hydrogen) atoms. The van der Waals surface area contributed by atoms with E-state index >= 15 is 0 Å². The van der Waals surface area contributed by atoms with E-state index in [-0.39, 0.29) is 23.5 Å². The summed E-state index contributed by atoms with van der Waals surface area (Å²) in [5, 5.41) is 19.6. The second-order valence-corrected chi connectivity index (χ2v) is 3.67. The summed E-state index contributed by atoms with van der Waals surface area (Å²) < 4.78 is 0.910. The van der Waals surface area contributed by atoms with Crippen molar-refractivity contribution in [2.75, 3.05) is 0 Å². The van der Waals surface area contributed by atoms with Crippen molar-refractivity contribution in [2.45, 2.75) is 6.54 Å². The molecule has 2 aromatic rings. The minimum Gasteiger partial charge on any atom is -0.478 e. The fourth-order valence-electron chi connectivity index (χ4n) is 1.47. The molecule has 2 rings (SSSR count). The van der Waals surface area contributed by atoms with E-state index in [4.69, 9.17) is 5.11 Å². The Morgan fingerprint density at radius 2 is 2.15 bits per heavy atom. The highest BCUT2D eigenvalue weighted by Gasteiger charge is 2.14. The van der Waals surface area contributed by atoms with E-state index in [1.165, 1.54) is 0 Å². The molecule has 0 fully saturated rings. The predicted octanol–water partition coefficient (Wildman–Crippen LogP) is -0.312. The summed E-state index contributed by atoms with van der Waals surface area (Å²) in [4.78, 5) is 43.1. The average Bonchev–Trinajstić information content (AvgIpc) is 2.41. The Balaban J connectivity index is 2.45. The van der Waals surface area contributed by atoms with Crippen molar-refractivity contribution >= 4 is 11.7 Å². The van der Waals surface area contributed by atoms with Crippen molar-refractivity contribution in [3.05, 3.63) is 56.8 Å². The van der Waals surface area contributed by atoms with Crippen molar-refractivity contribution in [3.63, 3.8) is 0 Å². The van der Waals surface area contributed by atoms with Crippen LogP contribution in [0.15, 0.2) is 29.7 Å². The van der Waals surface area contributed by atoms with E-state index in [1.807, 2.05) is 0 Å². The third-order valence-corrected chi connectivity index (χ3v) is 2.40. The van der Waals surface area contributed by atoms with Crippen LogP contribution >= 0.6 is 0 Å². The lowest BCUT2D eigenvalue weighted by Crippen LogP contribution is -2.24. The van der Waals surface area contributed by atoms with Gasteiger partial charge >= 0.3 is 17.3 Å². The molecule has 0 atom stereocenters. The molecule has 102 valence electrons. The first-order valence-electron chi connectivity index (χ1n) is 5.22. The molecule has 0 aliphatic rings. The zero-order valence-corrected chi connectivity index (χ0v) is 9.83. The smallest absolute Gasteiger partial charge is 0.348 e. The van der Waals surface area contributed by atoms with E-state index in [0.29, 0.717) is 0 Å². The highest BCUT2D eigenvalue weighted by atomic mass is 16.6. The fourth-order valence-corrected chi connectivity index (χ4v) is 1.47. The minimum absolute atomic E-state index is 0.0527. The first-order valence-corrected chi connectivity index (χ1v) is 5.22. The van der Waals surface area contributed by atoms with E-state index in [0.717, 1.165) is 29.5 Å². The molecule has 0 aliphatic heterocycles. The summed E-state index contributed by atoms with van der Waals surface area (Å²) >= 11 is 0. The summed E-state index contributed by atoms with van der Waals surface area (Å²) in [6, 6.07) is 0. The number of aromatic carboxylic acids is 1. The van der Waals surface area contributed by atoms with Gasteiger partial charge in [0.1, 0.15) is 18.1 Å². The molecule has 0 bridgehead atoms. The Morgan fingerprint density at radius 1 is 1.40 bits per heavy atom. The molecule has 1 N–H and O–H groups in total. The zero-order valence-electron chi connectivity index (χ0n) is 9.83. The lowest BCUT2D eigenvalue weighted by Gasteiger charge is -2.06. The Hall–Kier alpha value is -3.17. The predicted molar refractivity (Wildman–Crippen MR) is 63.2 cm³/mol. The van der Waals surface area contributed by atoms with Crippen molar-refractivity contribution in [1.29, 1.82) is 0 Å². The molecule has 0 aromatic carbocycles. The SMILES string of the molecule is O=C(O)c1cncnc1Cn1cc([N+](=O)[O-])cnc1=O. The van der Waals surface area contributed by atoms with Crippen molar-refractivity contribution in [1.82, 2.24) is 19.5 Å². The van der Waals surface area contributed by atoms with Crippen LogP contribution in [0.1, 0.15) is 16.1 Å². The van der Waals surface area contributed by atoms with Gasteiger partial charge in [-0.15, -0.1) is 0 Å². The average molecular weight is 277 g/mol. The van der Waals surface area contributed by atoms with Crippen LogP contribution in [-0.2, 0) is 6.54 Å². The van der Waals surface area contributed by atoms with Gasteiger partial charge in [-0.1, -0.05) is 0 Å². The Morgan fingerprint density at radius 3 is 2.80 bits per heavy atom. The van der Waals surface area contributed by atoms with Crippen LogP contribution in [-0.4, -0.2) is 35.5 Å². The van der Waals surface area contributed by atoms with Gasteiger partial charge in [-0.2, -0.15) is 4.98 Å². The van der Waals surface area contributed by atoms with Crippen molar-refractivity contribution < 1.29 is 14.8 Å². The van der Waals surface area contributed by atoms with Gasteiger partial charge in [-0.3, -0.25) is 14.7 Å². The molecule has 0 saturated carbocycles. The maximum Gasteiger partial charge on any atom is 0.348 e. The molecule has 0 radical (unpaired) electrons. The van der Waals surface area contributed by atoms with Crippen LogP contribution in [0, 0.1) is 10.1 Å². The number of nitrogens with zero attached hydrogens (tertiary/aromatic N) is 5. The van der Waals surface area contributed by atoms with E-state index in [2.05, 4.69) is 15.0 Å². The Labute approximate surface area is 110 Å². The second kappa shape index (κ2) is 5.22. The molecule has 0 unspecified atom stereocenters. The van der Waals surface area contributed by atoms with Crippen LogP contribution in [0.4, 0.5) is 5.69 Å². The number of hydrogen-bond donors (Lipinski definition) is 1. The van der Waals surface area contributed by atoms with Crippen LogP contribution in [0.3, 0.4) is 0 Å². The molecule has 0 spiro atoms. The zero-order chi connectivity index (χ0) is 14.7. The summed E-state index contributed by atoms with van der Waals surface area (Å²) in [5.74, 6) is -1.26. The monoisotopic (exact) mass is 277 g/mol. The summed E-state index contributed by atoms with van der Waals surface area (Å²) in [5.41, 5.74) is -1.26. The molecule has 2 heterocycles. The third-order valence-electron chi connectivity index (χ3n) is 2.40. The maximum atomic E-state index is 11.5. The first-order chi connectivity index (χ1) is 9.49. The van der Waals surface area contributed by atoms with E-state index < -0.39 is 16.6 Å². The Bertz CT molecular complexity index is 741. The molecule has 10 nitrogen and oxygen atoms in total. The number of carboxylic acids is 1. The second-order valence-electron chi connectivity index (χ2n) is 3.67. The Kier molecular flexibility index (Phi) is 3.46. The molecule has 0 amide bonds. The van der Waals surface area contributed by atoms with Crippen LogP contribution in [0.5, 0.6) is 0 Å². The van der Waals surface area contributed by atoms with Crippen molar-refractivity contribution in [3.8, 4) is 0 Å². The normalized spacial score (nSPS) is 10.2. The standard InChI is InChI=1S/C10H7N5O5/c16-9(17)7-2-11-5-13-8(7)4-14-3-6(15(19)20)1-12-10(14)18/h1-3,5H,4H2,(H,16,17). The van der Waals surface area contributed by atoms with Gasteiger partial charge in [-0.25, -0.2) is 19.6 Å². The van der Waals surface area contributed by atoms with E-state index in [1.54, 1.807) is 0 Å². The quantitative estimate of drug-likeness (QED) is 0.592. The topological polar surface area (TPSA) is 141 Å². The van der Waals surface area contributed by atoms with Gasteiger partial charge in [0, 0.05) is 6.20 Å². The maximum absolute atomic E-state index is 11.5. The number of aromatic nitrogens is 4. The number of rotatable bonds is 4. The van der Waals surface area contributed by atoms with Crippen LogP contribution < -0.4 is 5.69 Å². The van der Waals surface area contributed by atoms with Gasteiger partial charge in [0.2, 0.25) is 0 Å². The van der Waals surface area contributed by atoms with Gasteiger partial charge in [0.25, 0.3) is 0 Å². The highest BCUT2D eigenvalue weighted by molar-refractivity contribution is 5.88. The number of carboxylic acid groups (broad SMARTS) is 1. The van der Waals surface area contributed by atoms with Gasteiger partial charge in [0.15, 0.2) is 0 Å². The summed E-state index contributed by atoms with van der Waals surface area (Å²) in [7, 11) is 0. The highest BCUT2D eigenvalue weighted by Crippen LogP contribution is 2.08. The largest absolute Gasteiger partial charge is 0.478 e. The molecule has 0 saturated heterocycles. The molecule has 0 aliphatic carbocycles. The summed E-state index contributed by atoms with van der Waals surface area (Å²) in [6.07, 6.45) is 4.01. The molecular formula is C10H7N5O5.